The molecule has 1 saturated heterocycles. The van der Waals surface area contributed by atoms with Gasteiger partial charge in [0.2, 0.25) is 11.9 Å². The van der Waals surface area contributed by atoms with Crippen LogP contribution in [0.5, 0.6) is 0 Å². The maximum Gasteiger partial charge on any atom is 0.230 e. The van der Waals surface area contributed by atoms with Crippen LogP contribution < -0.4 is 10.6 Å². The molecule has 1 aliphatic heterocycles. The summed E-state index contributed by atoms with van der Waals surface area (Å²) in [5, 5.41) is 0. The molecule has 0 aromatic carbocycles. The molecular weight excluding hydrogens is 226 g/mol. The van der Waals surface area contributed by atoms with Crippen LogP contribution in [0.2, 0.25) is 0 Å². The summed E-state index contributed by atoms with van der Waals surface area (Å²) < 4.78 is 4.99. The zero-order valence-electron chi connectivity index (χ0n) is 9.22. The van der Waals surface area contributed by atoms with Crippen LogP contribution in [0, 0.1) is 0 Å². The smallest absolute Gasteiger partial charge is 0.230 e. The van der Waals surface area contributed by atoms with E-state index in [0.717, 1.165) is 24.6 Å². The highest BCUT2D eigenvalue weighted by molar-refractivity contribution is 7.99. The molecule has 0 saturated carbocycles. The first-order valence-electron chi connectivity index (χ1n) is 5.11. The van der Waals surface area contributed by atoms with Gasteiger partial charge in [-0.25, -0.2) is 0 Å². The number of hydrogen-bond donors (Lipinski definition) is 1. The van der Waals surface area contributed by atoms with E-state index in [1.807, 2.05) is 11.8 Å². The van der Waals surface area contributed by atoms with Crippen LogP contribution in [0.4, 0.5) is 11.9 Å². The zero-order valence-corrected chi connectivity index (χ0v) is 10.0. The molecule has 1 fully saturated rings. The number of rotatable bonds is 3. The minimum Gasteiger partial charge on any atom is -0.377 e. The second-order valence-corrected chi connectivity index (χ2v) is 4.67. The maximum absolute atomic E-state index is 5.65. The van der Waals surface area contributed by atoms with Crippen LogP contribution in [0.1, 0.15) is 5.82 Å². The Kier molecular flexibility index (Phi) is 3.79. The lowest BCUT2D eigenvalue weighted by molar-refractivity contribution is 0.177. The molecule has 1 aromatic heterocycles. The Morgan fingerprint density at radius 2 is 2.06 bits per heavy atom. The number of ether oxygens (including phenoxy) is 1. The quantitative estimate of drug-likeness (QED) is 0.807. The number of methoxy groups -OCH3 is 1. The van der Waals surface area contributed by atoms with Crippen LogP contribution in [0.15, 0.2) is 0 Å². The van der Waals surface area contributed by atoms with E-state index in [9.17, 15) is 0 Å². The Balaban J connectivity index is 2.18. The lowest BCUT2D eigenvalue weighted by Gasteiger charge is -2.26. The van der Waals surface area contributed by atoms with Gasteiger partial charge in [0.05, 0.1) is 0 Å². The van der Waals surface area contributed by atoms with Crippen molar-refractivity contribution in [2.75, 3.05) is 42.3 Å². The van der Waals surface area contributed by atoms with Crippen molar-refractivity contribution >= 4 is 23.7 Å². The minimum absolute atomic E-state index is 0.260. The number of nitrogens with zero attached hydrogens (tertiary/aromatic N) is 4. The van der Waals surface area contributed by atoms with Gasteiger partial charge in [0, 0.05) is 31.7 Å². The van der Waals surface area contributed by atoms with Gasteiger partial charge < -0.3 is 15.4 Å². The fourth-order valence-corrected chi connectivity index (χ4v) is 2.43. The Morgan fingerprint density at radius 1 is 1.31 bits per heavy atom. The normalized spacial score (nSPS) is 16.4. The number of thioether (sulfide) groups is 1. The average Bonchev–Trinajstić information content (AvgIpc) is 2.30. The van der Waals surface area contributed by atoms with Crippen molar-refractivity contribution in [1.82, 2.24) is 15.0 Å². The van der Waals surface area contributed by atoms with E-state index in [-0.39, 0.29) is 5.95 Å². The van der Waals surface area contributed by atoms with E-state index < -0.39 is 0 Å². The molecule has 1 aliphatic rings. The standard InChI is InChI=1S/C9H15N5OS/c1-15-6-7-11-8(10)13-9(12-7)14-2-4-16-5-3-14/h2-6H2,1H3,(H2,10,11,12,13). The summed E-state index contributed by atoms with van der Waals surface area (Å²) in [5.74, 6) is 3.72. The molecule has 0 atom stereocenters. The number of nitrogens with two attached hydrogens (primary N) is 1. The molecule has 7 heteroatoms. The summed E-state index contributed by atoms with van der Waals surface area (Å²) in [7, 11) is 1.61. The van der Waals surface area contributed by atoms with Crippen molar-refractivity contribution < 1.29 is 4.74 Å². The lowest BCUT2D eigenvalue weighted by Crippen LogP contribution is -2.34. The summed E-state index contributed by atoms with van der Waals surface area (Å²) in [6, 6.07) is 0. The largest absolute Gasteiger partial charge is 0.377 e. The third-order valence-corrected chi connectivity index (χ3v) is 3.20. The molecule has 6 nitrogen and oxygen atoms in total. The number of aromatic nitrogens is 3. The molecular formula is C9H15N5OS. The second kappa shape index (κ2) is 5.31. The SMILES string of the molecule is COCc1nc(N)nc(N2CCSCC2)n1. The zero-order chi connectivity index (χ0) is 11.4. The average molecular weight is 241 g/mol. The van der Waals surface area contributed by atoms with Crippen molar-refractivity contribution in [2.45, 2.75) is 6.61 Å². The molecule has 0 radical (unpaired) electrons. The first-order valence-corrected chi connectivity index (χ1v) is 6.27. The highest BCUT2D eigenvalue weighted by atomic mass is 32.2. The fraction of sp³-hybridized carbons (Fsp3) is 0.667. The molecule has 2 N–H and O–H groups in total. The van der Waals surface area contributed by atoms with Gasteiger partial charge in [-0.2, -0.15) is 26.7 Å². The minimum atomic E-state index is 0.260. The van der Waals surface area contributed by atoms with Crippen LogP contribution in [0.3, 0.4) is 0 Å². The molecule has 0 spiro atoms. The predicted molar refractivity (Wildman–Crippen MR) is 64.5 cm³/mol. The highest BCUT2D eigenvalue weighted by Gasteiger charge is 2.15. The Morgan fingerprint density at radius 3 is 2.75 bits per heavy atom. The number of nitrogen functional groups attached to an aromatic ring is 1. The van der Waals surface area contributed by atoms with Gasteiger partial charge in [-0.1, -0.05) is 0 Å². The van der Waals surface area contributed by atoms with E-state index >= 15 is 0 Å². The molecule has 16 heavy (non-hydrogen) atoms. The van der Waals surface area contributed by atoms with E-state index in [1.54, 1.807) is 7.11 Å². The predicted octanol–water partition coefficient (Wildman–Crippen LogP) is 0.153. The molecule has 2 heterocycles. The van der Waals surface area contributed by atoms with E-state index in [1.165, 1.54) is 0 Å². The monoisotopic (exact) mass is 241 g/mol. The van der Waals surface area contributed by atoms with Crippen LogP contribution in [-0.4, -0.2) is 46.7 Å². The summed E-state index contributed by atoms with van der Waals surface area (Å²) in [6.07, 6.45) is 0. The molecule has 0 aliphatic carbocycles. The van der Waals surface area contributed by atoms with Crippen LogP contribution in [-0.2, 0) is 11.3 Å². The summed E-state index contributed by atoms with van der Waals surface area (Å²) >= 11 is 1.94. The van der Waals surface area contributed by atoms with E-state index in [2.05, 4.69) is 19.9 Å². The van der Waals surface area contributed by atoms with E-state index in [4.69, 9.17) is 10.5 Å². The fourth-order valence-electron chi connectivity index (χ4n) is 1.52. The number of anilines is 2. The molecule has 0 amide bonds. The van der Waals surface area contributed by atoms with Gasteiger partial charge in [0.25, 0.3) is 0 Å². The van der Waals surface area contributed by atoms with Crippen molar-refractivity contribution in [3.8, 4) is 0 Å². The molecule has 1 aromatic rings. The third kappa shape index (κ3) is 2.73. The van der Waals surface area contributed by atoms with E-state index in [0.29, 0.717) is 18.4 Å². The van der Waals surface area contributed by atoms with Crippen molar-refractivity contribution in [3.05, 3.63) is 5.82 Å². The van der Waals surface area contributed by atoms with Crippen molar-refractivity contribution in [3.63, 3.8) is 0 Å². The summed E-state index contributed by atoms with van der Waals surface area (Å²) in [4.78, 5) is 14.6. The number of hydrogen-bond acceptors (Lipinski definition) is 7. The van der Waals surface area contributed by atoms with Gasteiger partial charge in [-0.05, 0) is 0 Å². The van der Waals surface area contributed by atoms with Crippen molar-refractivity contribution in [2.24, 2.45) is 0 Å². The third-order valence-electron chi connectivity index (χ3n) is 2.25. The van der Waals surface area contributed by atoms with Gasteiger partial charge >= 0.3 is 0 Å². The Bertz CT molecular complexity index is 356. The van der Waals surface area contributed by atoms with Crippen molar-refractivity contribution in [1.29, 1.82) is 0 Å². The highest BCUT2D eigenvalue weighted by Crippen LogP contribution is 2.16. The summed E-state index contributed by atoms with van der Waals surface area (Å²) in [5.41, 5.74) is 5.65. The Hall–Kier alpha value is -1.08. The molecule has 2 rings (SSSR count). The molecule has 0 bridgehead atoms. The molecule has 88 valence electrons. The second-order valence-electron chi connectivity index (χ2n) is 3.44. The van der Waals surface area contributed by atoms with Gasteiger partial charge in [-0.15, -0.1) is 0 Å². The van der Waals surface area contributed by atoms with Crippen LogP contribution in [0.25, 0.3) is 0 Å². The maximum atomic E-state index is 5.65. The van der Waals surface area contributed by atoms with Gasteiger partial charge in [0.15, 0.2) is 5.82 Å². The summed E-state index contributed by atoms with van der Waals surface area (Å²) in [6.45, 7) is 2.28. The van der Waals surface area contributed by atoms with Gasteiger partial charge in [-0.3, -0.25) is 0 Å². The molecule has 0 unspecified atom stereocenters. The van der Waals surface area contributed by atoms with Crippen LogP contribution >= 0.6 is 11.8 Å². The van der Waals surface area contributed by atoms with Gasteiger partial charge in [0.1, 0.15) is 6.61 Å². The first kappa shape index (κ1) is 11.4. The lowest BCUT2D eigenvalue weighted by atomic mass is 10.5. The Labute approximate surface area is 98.6 Å². The topological polar surface area (TPSA) is 77.2 Å². The first-order chi connectivity index (χ1) is 7.79.